The summed E-state index contributed by atoms with van der Waals surface area (Å²) < 4.78 is 24.9. The third-order valence-electron chi connectivity index (χ3n) is 1.49. The van der Waals surface area contributed by atoms with Gasteiger partial charge in [0.2, 0.25) is 0 Å². The minimum absolute atomic E-state index is 0.147. The lowest BCUT2D eigenvalue weighted by atomic mass is 10.1. The van der Waals surface area contributed by atoms with E-state index in [1.165, 1.54) is 6.92 Å². The van der Waals surface area contributed by atoms with Crippen LogP contribution in [0.4, 0.5) is 8.78 Å². The van der Waals surface area contributed by atoms with E-state index in [1.807, 2.05) is 0 Å². The van der Waals surface area contributed by atoms with Crippen LogP contribution in [0.15, 0.2) is 12.1 Å². The second-order valence-corrected chi connectivity index (χ2v) is 2.37. The molecule has 0 unspecified atom stereocenters. The Morgan fingerprint density at radius 1 is 1.33 bits per heavy atom. The first-order valence-electron chi connectivity index (χ1n) is 3.19. The van der Waals surface area contributed by atoms with Gasteiger partial charge in [0.15, 0.2) is 11.6 Å². The molecule has 4 heteroatoms. The molecule has 0 aromatic heterocycles. The average molecular weight is 171 g/mol. The summed E-state index contributed by atoms with van der Waals surface area (Å²) in [5.74, 6) is -3.75. The van der Waals surface area contributed by atoms with Crippen molar-refractivity contribution in [2.45, 2.75) is 6.92 Å². The average Bonchev–Trinajstić information content (AvgIpc) is 1.96. The number of rotatable bonds is 1. The highest BCUT2D eigenvalue weighted by Gasteiger charge is 2.06. The molecule has 2 nitrogen and oxygen atoms in total. The van der Waals surface area contributed by atoms with Gasteiger partial charge in [-0.1, -0.05) is 0 Å². The summed E-state index contributed by atoms with van der Waals surface area (Å²) in [7, 11) is 0. The topological polar surface area (TPSA) is 40.1 Å². The van der Waals surface area contributed by atoms with Gasteiger partial charge < -0.3 is 9.90 Å². The van der Waals surface area contributed by atoms with Crippen LogP contribution in [0.25, 0.3) is 0 Å². The van der Waals surface area contributed by atoms with Crippen molar-refractivity contribution in [3.8, 4) is 0 Å². The number of hydrogen-bond acceptors (Lipinski definition) is 2. The Kier molecular flexibility index (Phi) is 2.08. The van der Waals surface area contributed by atoms with E-state index in [0.29, 0.717) is 6.07 Å². The van der Waals surface area contributed by atoms with Gasteiger partial charge in [0.05, 0.1) is 5.97 Å². The standard InChI is InChI=1S/C8H6F2O2/c1-4-2-6(9)7(10)3-5(4)8(11)12/h2-3H,1H3,(H,11,12)/p-1. The maximum Gasteiger partial charge on any atom is 0.159 e. The smallest absolute Gasteiger partial charge is 0.159 e. The molecule has 0 spiro atoms. The second-order valence-electron chi connectivity index (χ2n) is 2.37. The third-order valence-corrected chi connectivity index (χ3v) is 1.49. The Balaban J connectivity index is 3.33. The van der Waals surface area contributed by atoms with E-state index in [4.69, 9.17) is 0 Å². The van der Waals surface area contributed by atoms with E-state index in [0.717, 1.165) is 6.07 Å². The van der Waals surface area contributed by atoms with E-state index in [1.54, 1.807) is 0 Å². The molecule has 0 atom stereocenters. The molecular weight excluding hydrogens is 166 g/mol. The van der Waals surface area contributed by atoms with E-state index < -0.39 is 17.6 Å². The van der Waals surface area contributed by atoms with Crippen LogP contribution in [0.1, 0.15) is 15.9 Å². The SMILES string of the molecule is Cc1cc(F)c(F)cc1C(=O)[O-]. The fourth-order valence-corrected chi connectivity index (χ4v) is 0.866. The number of carboxylic acid groups (broad SMARTS) is 1. The van der Waals surface area contributed by atoms with Crippen LogP contribution >= 0.6 is 0 Å². The first-order valence-corrected chi connectivity index (χ1v) is 3.19. The molecule has 0 aliphatic heterocycles. The first kappa shape index (κ1) is 8.64. The van der Waals surface area contributed by atoms with Crippen molar-refractivity contribution in [3.63, 3.8) is 0 Å². The summed E-state index contributed by atoms with van der Waals surface area (Å²) in [6.07, 6.45) is 0. The van der Waals surface area contributed by atoms with Gasteiger partial charge in [-0.25, -0.2) is 8.78 Å². The molecule has 0 fully saturated rings. The normalized spacial score (nSPS) is 9.92. The van der Waals surface area contributed by atoms with Crippen molar-refractivity contribution < 1.29 is 18.7 Å². The molecule has 0 radical (unpaired) electrons. The maximum absolute atomic E-state index is 12.5. The van der Waals surface area contributed by atoms with Crippen molar-refractivity contribution in [1.82, 2.24) is 0 Å². The Morgan fingerprint density at radius 2 is 1.83 bits per heavy atom. The highest BCUT2D eigenvalue weighted by molar-refractivity contribution is 5.87. The van der Waals surface area contributed by atoms with E-state index >= 15 is 0 Å². The van der Waals surface area contributed by atoms with Crippen LogP contribution in [-0.4, -0.2) is 5.97 Å². The third kappa shape index (κ3) is 1.42. The Morgan fingerprint density at radius 3 is 2.33 bits per heavy atom. The summed E-state index contributed by atoms with van der Waals surface area (Å²) in [4.78, 5) is 10.3. The summed E-state index contributed by atoms with van der Waals surface area (Å²) in [6.45, 7) is 1.37. The number of carbonyl (C=O) groups excluding carboxylic acids is 1. The van der Waals surface area contributed by atoms with Crippen molar-refractivity contribution in [1.29, 1.82) is 0 Å². The van der Waals surface area contributed by atoms with E-state index in [2.05, 4.69) is 0 Å². The number of aryl methyl sites for hydroxylation is 1. The monoisotopic (exact) mass is 171 g/mol. The van der Waals surface area contributed by atoms with Crippen molar-refractivity contribution in [3.05, 3.63) is 34.9 Å². The predicted octanol–water partition coefficient (Wildman–Crippen LogP) is 0.637. The summed E-state index contributed by atoms with van der Waals surface area (Å²) in [5.41, 5.74) is -0.178. The zero-order chi connectivity index (χ0) is 9.30. The molecule has 0 saturated heterocycles. The van der Waals surface area contributed by atoms with Crippen LogP contribution < -0.4 is 5.11 Å². The lowest BCUT2D eigenvalue weighted by Gasteiger charge is -2.06. The summed E-state index contributed by atoms with van der Waals surface area (Å²) in [6, 6.07) is 1.43. The number of carboxylic acids is 1. The van der Waals surface area contributed by atoms with Gasteiger partial charge in [-0.05, 0) is 24.6 Å². The van der Waals surface area contributed by atoms with Crippen LogP contribution in [0.5, 0.6) is 0 Å². The van der Waals surface area contributed by atoms with Gasteiger partial charge in [-0.3, -0.25) is 0 Å². The first-order chi connectivity index (χ1) is 5.52. The fourth-order valence-electron chi connectivity index (χ4n) is 0.866. The van der Waals surface area contributed by atoms with Gasteiger partial charge in [0.1, 0.15) is 0 Å². The molecule has 0 N–H and O–H groups in total. The molecular formula is C8H5F2O2-. The van der Waals surface area contributed by atoms with Crippen LogP contribution in [0, 0.1) is 18.6 Å². The molecule has 0 aliphatic carbocycles. The van der Waals surface area contributed by atoms with Crippen LogP contribution in [-0.2, 0) is 0 Å². The molecule has 0 aliphatic rings. The molecule has 12 heavy (non-hydrogen) atoms. The Hall–Kier alpha value is -1.45. The lowest BCUT2D eigenvalue weighted by molar-refractivity contribution is -0.255. The summed E-state index contributed by atoms with van der Waals surface area (Å²) in [5, 5.41) is 10.3. The highest BCUT2D eigenvalue weighted by atomic mass is 19.2. The van der Waals surface area contributed by atoms with Gasteiger partial charge in [0, 0.05) is 5.56 Å². The Bertz CT molecular complexity index is 334. The van der Waals surface area contributed by atoms with Gasteiger partial charge in [-0.2, -0.15) is 0 Å². The van der Waals surface area contributed by atoms with Gasteiger partial charge in [0.25, 0.3) is 0 Å². The molecule has 64 valence electrons. The number of halogens is 2. The molecule has 1 aromatic rings. The lowest BCUT2D eigenvalue weighted by Crippen LogP contribution is -2.23. The van der Waals surface area contributed by atoms with Crippen LogP contribution in [0.3, 0.4) is 0 Å². The van der Waals surface area contributed by atoms with Crippen molar-refractivity contribution in [2.75, 3.05) is 0 Å². The molecule has 0 heterocycles. The fraction of sp³-hybridized carbons (Fsp3) is 0.125. The van der Waals surface area contributed by atoms with Gasteiger partial charge in [-0.15, -0.1) is 0 Å². The van der Waals surface area contributed by atoms with Crippen molar-refractivity contribution in [2.24, 2.45) is 0 Å². The summed E-state index contributed by atoms with van der Waals surface area (Å²) >= 11 is 0. The predicted molar refractivity (Wildman–Crippen MR) is 35.4 cm³/mol. The van der Waals surface area contributed by atoms with Gasteiger partial charge >= 0.3 is 0 Å². The van der Waals surface area contributed by atoms with E-state index in [9.17, 15) is 18.7 Å². The Labute approximate surface area is 67.4 Å². The minimum atomic E-state index is -1.51. The van der Waals surface area contributed by atoms with E-state index in [-0.39, 0.29) is 11.1 Å². The maximum atomic E-state index is 12.5. The molecule has 0 amide bonds. The van der Waals surface area contributed by atoms with Crippen molar-refractivity contribution >= 4 is 5.97 Å². The number of aromatic carboxylic acids is 1. The number of hydrogen-bond donors (Lipinski definition) is 0. The van der Waals surface area contributed by atoms with Crippen LogP contribution in [0.2, 0.25) is 0 Å². The largest absolute Gasteiger partial charge is 0.545 e. The zero-order valence-corrected chi connectivity index (χ0v) is 6.23. The molecule has 1 rings (SSSR count). The quantitative estimate of drug-likeness (QED) is 0.622. The molecule has 0 bridgehead atoms. The molecule has 1 aromatic carbocycles. The number of carbonyl (C=O) groups is 1. The second kappa shape index (κ2) is 2.89. The zero-order valence-electron chi connectivity index (χ0n) is 6.23. The molecule has 0 saturated carbocycles. The number of benzene rings is 1. The highest BCUT2D eigenvalue weighted by Crippen LogP contribution is 2.13. The minimum Gasteiger partial charge on any atom is -0.545 e.